The van der Waals surface area contributed by atoms with Crippen LogP contribution in [0.5, 0.6) is 0 Å². The van der Waals surface area contributed by atoms with Crippen molar-refractivity contribution in [2.75, 3.05) is 6.61 Å². The molecular weight excluding hydrogens is 226 g/mol. The van der Waals surface area contributed by atoms with E-state index in [1.54, 1.807) is 0 Å². The van der Waals surface area contributed by atoms with Crippen molar-refractivity contribution in [2.45, 2.75) is 46.5 Å². The molecule has 0 spiro atoms. The summed E-state index contributed by atoms with van der Waals surface area (Å²) in [6, 6.07) is 0. The van der Waals surface area contributed by atoms with Gasteiger partial charge >= 0.3 is 0 Å². The van der Waals surface area contributed by atoms with E-state index >= 15 is 0 Å². The SMILES string of the molecule is C=C(C)C(CCC(C)=CCCC(C)=CCO)=NO. The smallest absolute Gasteiger partial charge is 0.0822 e. The fourth-order valence-electron chi connectivity index (χ4n) is 1.57. The summed E-state index contributed by atoms with van der Waals surface area (Å²) in [7, 11) is 0. The van der Waals surface area contributed by atoms with Crippen LogP contribution in [0, 0.1) is 0 Å². The number of hydrogen-bond acceptors (Lipinski definition) is 3. The van der Waals surface area contributed by atoms with Crippen LogP contribution in [-0.2, 0) is 0 Å². The minimum Gasteiger partial charge on any atom is -0.411 e. The van der Waals surface area contributed by atoms with Crippen LogP contribution in [0.2, 0.25) is 0 Å². The highest BCUT2D eigenvalue weighted by molar-refractivity contribution is 5.98. The minimum atomic E-state index is 0.115. The summed E-state index contributed by atoms with van der Waals surface area (Å²) < 4.78 is 0. The van der Waals surface area contributed by atoms with Crippen LogP contribution in [-0.4, -0.2) is 22.6 Å². The van der Waals surface area contributed by atoms with E-state index in [2.05, 4.69) is 24.7 Å². The Bertz CT molecular complexity index is 352. The first kappa shape index (κ1) is 16.6. The maximum atomic E-state index is 8.79. The summed E-state index contributed by atoms with van der Waals surface area (Å²) in [5.74, 6) is 0. The Morgan fingerprint density at radius 3 is 2.17 bits per heavy atom. The molecule has 0 aliphatic carbocycles. The molecule has 0 aliphatic rings. The van der Waals surface area contributed by atoms with Gasteiger partial charge in [0.2, 0.25) is 0 Å². The number of oxime groups is 1. The third-order valence-corrected chi connectivity index (χ3v) is 2.84. The molecule has 0 aromatic carbocycles. The number of aliphatic hydroxyl groups is 1. The summed E-state index contributed by atoms with van der Waals surface area (Å²) in [5.41, 5.74) is 3.97. The summed E-state index contributed by atoms with van der Waals surface area (Å²) in [4.78, 5) is 0. The van der Waals surface area contributed by atoms with Gasteiger partial charge in [-0.05, 0) is 52.0 Å². The fraction of sp³-hybridized carbons (Fsp3) is 0.533. The molecule has 0 aromatic rings. The Labute approximate surface area is 110 Å². The molecule has 0 bridgehead atoms. The van der Waals surface area contributed by atoms with E-state index in [4.69, 9.17) is 10.3 Å². The number of hydrogen-bond donors (Lipinski definition) is 2. The van der Waals surface area contributed by atoms with E-state index in [1.165, 1.54) is 11.1 Å². The Morgan fingerprint density at radius 1 is 1.06 bits per heavy atom. The van der Waals surface area contributed by atoms with Gasteiger partial charge in [0.15, 0.2) is 0 Å². The van der Waals surface area contributed by atoms with Gasteiger partial charge in [0.25, 0.3) is 0 Å². The van der Waals surface area contributed by atoms with Crippen LogP contribution in [0.3, 0.4) is 0 Å². The van der Waals surface area contributed by atoms with Crippen molar-refractivity contribution in [2.24, 2.45) is 5.16 Å². The molecule has 0 rings (SSSR count). The molecule has 0 saturated heterocycles. The van der Waals surface area contributed by atoms with Gasteiger partial charge in [0.05, 0.1) is 12.3 Å². The van der Waals surface area contributed by atoms with Gasteiger partial charge in [0.1, 0.15) is 0 Å². The lowest BCUT2D eigenvalue weighted by Gasteiger charge is -2.04. The third kappa shape index (κ3) is 7.85. The van der Waals surface area contributed by atoms with Crippen molar-refractivity contribution in [3.63, 3.8) is 0 Å². The predicted molar refractivity (Wildman–Crippen MR) is 77.1 cm³/mol. The Balaban J connectivity index is 4.06. The van der Waals surface area contributed by atoms with Crippen LogP contribution in [0.15, 0.2) is 40.6 Å². The third-order valence-electron chi connectivity index (χ3n) is 2.84. The molecular formula is C15H25NO2. The Morgan fingerprint density at radius 2 is 1.67 bits per heavy atom. The average molecular weight is 251 g/mol. The lowest BCUT2D eigenvalue weighted by molar-refractivity contribution is 0.318. The molecule has 0 heterocycles. The molecule has 0 fully saturated rings. The Hall–Kier alpha value is -1.35. The van der Waals surface area contributed by atoms with Crippen molar-refractivity contribution in [1.82, 2.24) is 0 Å². The molecule has 0 saturated carbocycles. The molecule has 18 heavy (non-hydrogen) atoms. The zero-order chi connectivity index (χ0) is 14.0. The van der Waals surface area contributed by atoms with Gasteiger partial charge in [0, 0.05) is 0 Å². The van der Waals surface area contributed by atoms with Crippen molar-refractivity contribution in [1.29, 1.82) is 0 Å². The highest BCUT2D eigenvalue weighted by atomic mass is 16.4. The van der Waals surface area contributed by atoms with E-state index in [9.17, 15) is 0 Å². The van der Waals surface area contributed by atoms with Gasteiger partial charge in [-0.3, -0.25) is 0 Å². The van der Waals surface area contributed by atoms with Gasteiger partial charge < -0.3 is 10.3 Å². The summed E-state index contributed by atoms with van der Waals surface area (Å²) in [5, 5.41) is 20.8. The van der Waals surface area contributed by atoms with Gasteiger partial charge in [-0.25, -0.2) is 0 Å². The number of aliphatic hydroxyl groups excluding tert-OH is 1. The van der Waals surface area contributed by atoms with E-state index in [0.717, 1.165) is 31.3 Å². The van der Waals surface area contributed by atoms with Crippen molar-refractivity contribution in [3.8, 4) is 0 Å². The number of allylic oxidation sites excluding steroid dienone is 4. The lowest BCUT2D eigenvalue weighted by atomic mass is 10.0. The molecule has 3 nitrogen and oxygen atoms in total. The van der Waals surface area contributed by atoms with Crippen LogP contribution in [0.4, 0.5) is 0 Å². The predicted octanol–water partition coefficient (Wildman–Crippen LogP) is 3.84. The maximum absolute atomic E-state index is 8.79. The van der Waals surface area contributed by atoms with Gasteiger partial charge in [-0.2, -0.15) is 0 Å². The molecule has 0 unspecified atom stereocenters. The normalized spacial score (nSPS) is 13.9. The second-order valence-electron chi connectivity index (χ2n) is 4.65. The molecule has 0 aliphatic heterocycles. The first-order chi connectivity index (χ1) is 8.51. The van der Waals surface area contributed by atoms with Gasteiger partial charge in [-0.1, -0.05) is 35.0 Å². The average Bonchev–Trinajstić information content (AvgIpc) is 2.29. The van der Waals surface area contributed by atoms with Crippen LogP contribution >= 0.6 is 0 Å². The number of rotatable bonds is 8. The minimum absolute atomic E-state index is 0.115. The highest BCUT2D eigenvalue weighted by Gasteiger charge is 2.01. The molecule has 2 N–H and O–H groups in total. The monoisotopic (exact) mass is 251 g/mol. The summed E-state index contributed by atoms with van der Waals surface area (Å²) >= 11 is 0. The first-order valence-electron chi connectivity index (χ1n) is 6.30. The summed E-state index contributed by atoms with van der Waals surface area (Å²) in [6.07, 6.45) is 7.59. The summed E-state index contributed by atoms with van der Waals surface area (Å²) in [6.45, 7) is 9.83. The van der Waals surface area contributed by atoms with Crippen LogP contribution in [0.25, 0.3) is 0 Å². The fourth-order valence-corrected chi connectivity index (χ4v) is 1.57. The maximum Gasteiger partial charge on any atom is 0.0822 e. The van der Waals surface area contributed by atoms with E-state index < -0.39 is 0 Å². The lowest BCUT2D eigenvalue weighted by Crippen LogP contribution is -1.99. The molecule has 102 valence electrons. The highest BCUT2D eigenvalue weighted by Crippen LogP contribution is 2.12. The first-order valence-corrected chi connectivity index (χ1v) is 6.30. The topological polar surface area (TPSA) is 52.8 Å². The van der Waals surface area contributed by atoms with Crippen molar-refractivity contribution in [3.05, 3.63) is 35.5 Å². The van der Waals surface area contributed by atoms with E-state index in [-0.39, 0.29) is 6.61 Å². The van der Waals surface area contributed by atoms with Crippen LogP contribution < -0.4 is 0 Å². The molecule has 0 radical (unpaired) electrons. The number of nitrogens with zero attached hydrogens (tertiary/aromatic N) is 1. The largest absolute Gasteiger partial charge is 0.411 e. The van der Waals surface area contributed by atoms with Crippen molar-refractivity contribution >= 4 is 5.71 Å². The molecule has 0 amide bonds. The second kappa shape index (κ2) is 9.66. The molecule has 0 atom stereocenters. The second-order valence-corrected chi connectivity index (χ2v) is 4.65. The zero-order valence-corrected chi connectivity index (χ0v) is 11.7. The molecule has 3 heteroatoms. The van der Waals surface area contributed by atoms with E-state index in [1.807, 2.05) is 19.9 Å². The quantitative estimate of drug-likeness (QED) is 0.298. The van der Waals surface area contributed by atoms with Gasteiger partial charge in [-0.15, -0.1) is 0 Å². The molecule has 0 aromatic heterocycles. The van der Waals surface area contributed by atoms with E-state index in [0.29, 0.717) is 5.71 Å². The standard InChI is InChI=1S/C15H25NO2/c1-12(2)15(16-18)9-8-13(3)6-5-7-14(4)10-11-17/h6,10,17-18H,1,5,7-9,11H2,2-4H3. The Kier molecular flexibility index (Phi) is 8.93. The zero-order valence-electron chi connectivity index (χ0n) is 11.7. The van der Waals surface area contributed by atoms with Crippen LogP contribution in [0.1, 0.15) is 46.5 Å². The van der Waals surface area contributed by atoms with Crippen molar-refractivity contribution < 1.29 is 10.3 Å².